The fraction of sp³-hybridized carbons (Fsp3) is 0.462. The van der Waals surface area contributed by atoms with E-state index in [1.807, 2.05) is 30.3 Å². The van der Waals surface area contributed by atoms with E-state index in [0.29, 0.717) is 6.61 Å². The Hall–Kier alpha value is -0.710. The molecule has 0 radical (unpaired) electrons. The third-order valence-corrected chi connectivity index (χ3v) is 2.76. The van der Waals surface area contributed by atoms with Crippen LogP contribution in [0.15, 0.2) is 30.3 Å². The van der Waals surface area contributed by atoms with Gasteiger partial charge in [-0.3, -0.25) is 4.79 Å². The van der Waals surface area contributed by atoms with Crippen molar-refractivity contribution in [3.05, 3.63) is 35.9 Å². The van der Waals surface area contributed by atoms with Crippen molar-refractivity contribution in [2.75, 3.05) is 6.79 Å². The van der Waals surface area contributed by atoms with Gasteiger partial charge in [-0.25, -0.2) is 0 Å². The quantitative estimate of drug-likeness (QED) is 0.441. The summed E-state index contributed by atoms with van der Waals surface area (Å²) in [4.78, 5) is 11.3. The highest BCUT2D eigenvalue weighted by molar-refractivity contribution is 9.10. The Morgan fingerprint density at radius 2 is 1.94 bits per heavy atom. The molecule has 94 valence electrons. The van der Waals surface area contributed by atoms with Crippen molar-refractivity contribution in [3.8, 4) is 0 Å². The number of rotatable bonds is 7. The molecular weight excluding hydrogens is 284 g/mol. The van der Waals surface area contributed by atoms with Gasteiger partial charge in [0.05, 0.1) is 11.4 Å². The molecule has 0 amide bonds. The molecule has 1 aromatic rings. The first-order chi connectivity index (χ1) is 8.11. The standard InChI is InChI=1S/C13H17BrO3/c1-10(14)13(15)11(2)17-9-16-8-12-6-4-3-5-7-12/h3-7,10-11H,8-9H2,1-2H3. The van der Waals surface area contributed by atoms with Crippen LogP contribution in [0.1, 0.15) is 19.4 Å². The highest BCUT2D eigenvalue weighted by Crippen LogP contribution is 2.06. The van der Waals surface area contributed by atoms with E-state index in [9.17, 15) is 4.79 Å². The Balaban J connectivity index is 2.18. The van der Waals surface area contributed by atoms with Gasteiger partial charge in [0.1, 0.15) is 12.9 Å². The normalized spacial score (nSPS) is 14.3. The van der Waals surface area contributed by atoms with Crippen LogP contribution in [0.4, 0.5) is 0 Å². The van der Waals surface area contributed by atoms with Gasteiger partial charge in [0.25, 0.3) is 0 Å². The molecule has 0 fully saturated rings. The van der Waals surface area contributed by atoms with Gasteiger partial charge in [-0.05, 0) is 19.4 Å². The summed E-state index contributed by atoms with van der Waals surface area (Å²) < 4.78 is 10.6. The number of hydrogen-bond acceptors (Lipinski definition) is 3. The molecule has 0 bridgehead atoms. The van der Waals surface area contributed by atoms with Crippen LogP contribution < -0.4 is 0 Å². The van der Waals surface area contributed by atoms with Gasteiger partial charge in [0, 0.05) is 0 Å². The molecular formula is C13H17BrO3. The third-order valence-electron chi connectivity index (χ3n) is 2.31. The number of Topliss-reactive ketones (excluding diaryl/α,β-unsaturated/α-hetero) is 1. The topological polar surface area (TPSA) is 35.5 Å². The highest BCUT2D eigenvalue weighted by Gasteiger charge is 2.17. The van der Waals surface area contributed by atoms with Crippen molar-refractivity contribution in [1.82, 2.24) is 0 Å². The summed E-state index contributed by atoms with van der Waals surface area (Å²) in [7, 11) is 0. The van der Waals surface area contributed by atoms with Crippen LogP contribution in [0.3, 0.4) is 0 Å². The number of carbonyl (C=O) groups is 1. The first kappa shape index (κ1) is 14.4. The van der Waals surface area contributed by atoms with Gasteiger partial charge in [-0.2, -0.15) is 0 Å². The van der Waals surface area contributed by atoms with E-state index in [2.05, 4.69) is 15.9 Å². The SMILES string of the molecule is CC(Br)C(=O)C(C)OCOCc1ccccc1. The second-order valence-electron chi connectivity index (χ2n) is 3.78. The lowest BCUT2D eigenvalue weighted by atomic mass is 10.2. The van der Waals surface area contributed by atoms with E-state index in [1.54, 1.807) is 13.8 Å². The van der Waals surface area contributed by atoms with Crippen LogP contribution >= 0.6 is 15.9 Å². The Morgan fingerprint density at radius 1 is 1.29 bits per heavy atom. The van der Waals surface area contributed by atoms with Crippen LogP contribution in [0.25, 0.3) is 0 Å². The van der Waals surface area contributed by atoms with E-state index in [1.165, 1.54) is 0 Å². The fourth-order valence-electron chi connectivity index (χ4n) is 1.29. The van der Waals surface area contributed by atoms with E-state index >= 15 is 0 Å². The summed E-state index contributed by atoms with van der Waals surface area (Å²) in [5.41, 5.74) is 1.09. The minimum absolute atomic E-state index is 0.0216. The average Bonchev–Trinajstić information content (AvgIpc) is 2.34. The molecule has 17 heavy (non-hydrogen) atoms. The zero-order valence-electron chi connectivity index (χ0n) is 10.1. The number of hydrogen-bond donors (Lipinski definition) is 0. The van der Waals surface area contributed by atoms with Gasteiger partial charge in [-0.1, -0.05) is 46.3 Å². The average molecular weight is 301 g/mol. The molecule has 0 aliphatic carbocycles. The Labute approximate surface area is 110 Å². The minimum atomic E-state index is -0.444. The predicted octanol–water partition coefficient (Wildman–Crippen LogP) is 2.92. The molecule has 0 aromatic heterocycles. The van der Waals surface area contributed by atoms with Gasteiger partial charge in [0.15, 0.2) is 5.78 Å². The maximum absolute atomic E-state index is 11.5. The van der Waals surface area contributed by atoms with Gasteiger partial charge < -0.3 is 9.47 Å². The maximum atomic E-state index is 11.5. The van der Waals surface area contributed by atoms with Crippen LogP contribution in [0, 0.1) is 0 Å². The highest BCUT2D eigenvalue weighted by atomic mass is 79.9. The predicted molar refractivity (Wildman–Crippen MR) is 70.0 cm³/mol. The lowest BCUT2D eigenvalue weighted by Gasteiger charge is -2.13. The molecule has 3 nitrogen and oxygen atoms in total. The van der Waals surface area contributed by atoms with E-state index in [4.69, 9.17) is 9.47 Å². The van der Waals surface area contributed by atoms with Crippen molar-refractivity contribution in [2.45, 2.75) is 31.4 Å². The van der Waals surface area contributed by atoms with Gasteiger partial charge in [-0.15, -0.1) is 0 Å². The van der Waals surface area contributed by atoms with Crippen LogP contribution in [-0.4, -0.2) is 23.5 Å². The van der Waals surface area contributed by atoms with Crippen molar-refractivity contribution < 1.29 is 14.3 Å². The monoisotopic (exact) mass is 300 g/mol. The Morgan fingerprint density at radius 3 is 2.53 bits per heavy atom. The zero-order valence-corrected chi connectivity index (χ0v) is 11.6. The third kappa shape index (κ3) is 5.44. The summed E-state index contributed by atoms with van der Waals surface area (Å²) in [6, 6.07) is 9.83. The van der Waals surface area contributed by atoms with Crippen molar-refractivity contribution in [1.29, 1.82) is 0 Å². The second-order valence-corrected chi connectivity index (χ2v) is 5.15. The van der Waals surface area contributed by atoms with Gasteiger partial charge >= 0.3 is 0 Å². The molecule has 0 saturated carbocycles. The molecule has 4 heteroatoms. The molecule has 1 aromatic carbocycles. The molecule has 0 aliphatic heterocycles. The molecule has 0 saturated heterocycles. The van der Waals surface area contributed by atoms with Crippen molar-refractivity contribution in [3.63, 3.8) is 0 Å². The van der Waals surface area contributed by atoms with E-state index in [0.717, 1.165) is 5.56 Å². The van der Waals surface area contributed by atoms with E-state index < -0.39 is 6.10 Å². The minimum Gasteiger partial charge on any atom is -0.351 e. The molecule has 0 N–H and O–H groups in total. The number of carbonyl (C=O) groups excluding carboxylic acids is 1. The number of benzene rings is 1. The summed E-state index contributed by atoms with van der Waals surface area (Å²) in [6.45, 7) is 4.13. The molecule has 0 spiro atoms. The summed E-state index contributed by atoms with van der Waals surface area (Å²) >= 11 is 3.22. The lowest BCUT2D eigenvalue weighted by Crippen LogP contribution is -2.27. The molecule has 2 atom stereocenters. The van der Waals surface area contributed by atoms with E-state index in [-0.39, 0.29) is 17.4 Å². The maximum Gasteiger partial charge on any atom is 0.174 e. The first-order valence-electron chi connectivity index (χ1n) is 5.52. The molecule has 0 heterocycles. The summed E-state index contributed by atoms with van der Waals surface area (Å²) in [6.07, 6.45) is -0.444. The van der Waals surface area contributed by atoms with Gasteiger partial charge in [0.2, 0.25) is 0 Å². The van der Waals surface area contributed by atoms with Crippen LogP contribution in [-0.2, 0) is 20.9 Å². The Kier molecular flexibility index (Phi) is 6.40. The number of halogens is 1. The van der Waals surface area contributed by atoms with Crippen molar-refractivity contribution in [2.24, 2.45) is 0 Å². The first-order valence-corrected chi connectivity index (χ1v) is 6.44. The summed E-state index contributed by atoms with van der Waals surface area (Å²) in [5, 5.41) is 0. The summed E-state index contributed by atoms with van der Waals surface area (Å²) in [5.74, 6) is 0.0216. The van der Waals surface area contributed by atoms with Crippen LogP contribution in [0.2, 0.25) is 0 Å². The molecule has 2 unspecified atom stereocenters. The largest absolute Gasteiger partial charge is 0.351 e. The molecule has 0 aliphatic rings. The molecule has 1 rings (SSSR count). The van der Waals surface area contributed by atoms with Crippen molar-refractivity contribution >= 4 is 21.7 Å². The number of alkyl halides is 1. The second kappa shape index (κ2) is 7.58. The number of ether oxygens (including phenoxy) is 2. The number of ketones is 1. The zero-order chi connectivity index (χ0) is 12.7. The fourth-order valence-corrected chi connectivity index (χ4v) is 1.66. The lowest BCUT2D eigenvalue weighted by molar-refractivity contribution is -0.140. The van der Waals surface area contributed by atoms with Crippen LogP contribution in [0.5, 0.6) is 0 Å². The smallest absolute Gasteiger partial charge is 0.174 e. The Bertz CT molecular complexity index is 338.